The molecule has 1 aromatic carbocycles. The fourth-order valence-electron chi connectivity index (χ4n) is 2.70. The zero-order valence-corrected chi connectivity index (χ0v) is 11.3. The summed E-state index contributed by atoms with van der Waals surface area (Å²) in [6, 6.07) is 10.4. The van der Waals surface area contributed by atoms with Gasteiger partial charge < -0.3 is 14.6 Å². The highest BCUT2D eigenvalue weighted by atomic mass is 16.7. The van der Waals surface area contributed by atoms with E-state index in [0.717, 1.165) is 6.42 Å². The van der Waals surface area contributed by atoms with E-state index < -0.39 is 5.60 Å². The summed E-state index contributed by atoms with van der Waals surface area (Å²) in [5, 5.41) is 10.6. The van der Waals surface area contributed by atoms with Crippen molar-refractivity contribution in [2.24, 2.45) is 5.92 Å². The van der Waals surface area contributed by atoms with Crippen molar-refractivity contribution in [1.29, 1.82) is 0 Å². The maximum atomic E-state index is 10.6. The minimum Gasteiger partial charge on any atom is -0.390 e. The Morgan fingerprint density at radius 1 is 1.28 bits per heavy atom. The smallest absolute Gasteiger partial charge is 0.159 e. The predicted molar refractivity (Wildman–Crippen MR) is 70.3 cm³/mol. The lowest BCUT2D eigenvalue weighted by molar-refractivity contribution is -0.144. The lowest BCUT2D eigenvalue weighted by atomic mass is 9.92. The minimum atomic E-state index is -0.739. The molecule has 0 amide bonds. The van der Waals surface area contributed by atoms with Crippen LogP contribution in [-0.2, 0) is 9.47 Å². The van der Waals surface area contributed by atoms with Crippen LogP contribution < -0.4 is 0 Å². The van der Waals surface area contributed by atoms with Crippen LogP contribution in [0.2, 0.25) is 0 Å². The lowest BCUT2D eigenvalue weighted by Crippen LogP contribution is -2.34. The maximum Gasteiger partial charge on any atom is 0.159 e. The summed E-state index contributed by atoms with van der Waals surface area (Å²) in [6.07, 6.45) is 1.21. The highest BCUT2D eigenvalue weighted by molar-refractivity contribution is 5.27. The van der Waals surface area contributed by atoms with Crippen LogP contribution in [0.5, 0.6) is 0 Å². The maximum absolute atomic E-state index is 10.6. The monoisotopic (exact) mass is 250 g/mol. The molecule has 0 spiro atoms. The number of hydrogen-bond donors (Lipinski definition) is 1. The predicted octanol–water partition coefficient (Wildman–Crippen LogP) is 2.55. The Labute approximate surface area is 109 Å². The molecule has 3 nitrogen and oxygen atoms in total. The van der Waals surface area contributed by atoms with Gasteiger partial charge in [-0.25, -0.2) is 0 Å². The molecule has 100 valence electrons. The summed E-state index contributed by atoms with van der Waals surface area (Å²) in [7, 11) is 3.21. The van der Waals surface area contributed by atoms with E-state index in [9.17, 15) is 5.11 Å². The minimum absolute atomic E-state index is 0.299. The molecule has 0 bridgehead atoms. The van der Waals surface area contributed by atoms with Crippen molar-refractivity contribution in [3.05, 3.63) is 35.9 Å². The molecule has 0 heterocycles. The Morgan fingerprint density at radius 3 is 2.44 bits per heavy atom. The fraction of sp³-hybridized carbons (Fsp3) is 0.600. The van der Waals surface area contributed by atoms with Crippen molar-refractivity contribution in [3.63, 3.8) is 0 Å². The first kappa shape index (κ1) is 13.5. The van der Waals surface area contributed by atoms with Crippen LogP contribution in [0.15, 0.2) is 30.3 Å². The Bertz CT molecular complexity index is 371. The topological polar surface area (TPSA) is 38.7 Å². The number of ether oxygens (including phenoxy) is 2. The van der Waals surface area contributed by atoms with Gasteiger partial charge in [-0.2, -0.15) is 0 Å². The highest BCUT2D eigenvalue weighted by Gasteiger charge is 2.50. The molecule has 1 aliphatic rings. The van der Waals surface area contributed by atoms with E-state index in [0.29, 0.717) is 18.3 Å². The summed E-state index contributed by atoms with van der Waals surface area (Å²) in [5.41, 5.74) is 0.575. The summed E-state index contributed by atoms with van der Waals surface area (Å²) in [6.45, 7) is 1.88. The first-order valence-electron chi connectivity index (χ1n) is 6.41. The molecule has 0 aliphatic heterocycles. The lowest BCUT2D eigenvalue weighted by Gasteiger charge is -2.27. The number of hydrogen-bond acceptors (Lipinski definition) is 3. The average Bonchev–Trinajstić information content (AvgIpc) is 3.18. The van der Waals surface area contributed by atoms with E-state index >= 15 is 0 Å². The molecule has 1 saturated carbocycles. The van der Waals surface area contributed by atoms with Gasteiger partial charge in [0.1, 0.15) is 0 Å². The van der Waals surface area contributed by atoms with E-state index in [1.165, 1.54) is 5.56 Å². The molecule has 1 aromatic rings. The Morgan fingerprint density at radius 2 is 1.89 bits per heavy atom. The van der Waals surface area contributed by atoms with Crippen molar-refractivity contribution in [2.45, 2.75) is 37.6 Å². The summed E-state index contributed by atoms with van der Waals surface area (Å²) >= 11 is 0. The van der Waals surface area contributed by atoms with E-state index in [4.69, 9.17) is 9.47 Å². The molecule has 0 radical (unpaired) electrons. The zero-order valence-electron chi connectivity index (χ0n) is 11.3. The van der Waals surface area contributed by atoms with Crippen LogP contribution in [-0.4, -0.2) is 31.2 Å². The Hall–Kier alpha value is -0.900. The van der Waals surface area contributed by atoms with Gasteiger partial charge in [-0.05, 0) is 30.7 Å². The van der Waals surface area contributed by atoms with Crippen LogP contribution in [0.25, 0.3) is 0 Å². The standard InChI is InChI=1S/C15H22O3/c1-15(16,10-14(17-2)18-3)13-9-12(13)11-7-5-4-6-8-11/h4-8,12-14,16H,9-10H2,1-3H3. The average molecular weight is 250 g/mol. The number of benzene rings is 1. The molecule has 1 fully saturated rings. The van der Waals surface area contributed by atoms with Gasteiger partial charge in [-0.1, -0.05) is 30.3 Å². The number of rotatable bonds is 6. The summed E-state index contributed by atoms with van der Waals surface area (Å²) in [4.78, 5) is 0. The zero-order chi connectivity index (χ0) is 13.2. The third kappa shape index (κ3) is 2.91. The molecular weight excluding hydrogens is 228 g/mol. The summed E-state index contributed by atoms with van der Waals surface area (Å²) in [5.74, 6) is 0.767. The molecule has 3 atom stereocenters. The molecular formula is C15H22O3. The summed E-state index contributed by atoms with van der Waals surface area (Å²) < 4.78 is 10.3. The third-order valence-electron chi connectivity index (χ3n) is 3.92. The molecule has 18 heavy (non-hydrogen) atoms. The van der Waals surface area contributed by atoms with Crippen molar-refractivity contribution >= 4 is 0 Å². The number of aliphatic hydroxyl groups is 1. The van der Waals surface area contributed by atoms with Gasteiger partial charge in [-0.15, -0.1) is 0 Å². The van der Waals surface area contributed by atoms with E-state index in [1.807, 2.05) is 25.1 Å². The normalized spacial score (nSPS) is 26.1. The molecule has 3 unspecified atom stereocenters. The van der Waals surface area contributed by atoms with Crippen molar-refractivity contribution in [2.75, 3.05) is 14.2 Å². The van der Waals surface area contributed by atoms with Gasteiger partial charge in [0.05, 0.1) is 5.60 Å². The van der Waals surface area contributed by atoms with Gasteiger partial charge in [0.25, 0.3) is 0 Å². The Balaban J connectivity index is 1.97. The molecule has 2 rings (SSSR count). The van der Waals surface area contributed by atoms with Crippen molar-refractivity contribution in [1.82, 2.24) is 0 Å². The number of methoxy groups -OCH3 is 2. The molecule has 0 aromatic heterocycles. The second-order valence-corrected chi connectivity index (χ2v) is 5.32. The van der Waals surface area contributed by atoms with Gasteiger partial charge in [0.2, 0.25) is 0 Å². The third-order valence-corrected chi connectivity index (χ3v) is 3.92. The van der Waals surface area contributed by atoms with Crippen LogP contribution >= 0.6 is 0 Å². The van der Waals surface area contributed by atoms with Gasteiger partial charge in [0, 0.05) is 20.6 Å². The van der Waals surface area contributed by atoms with Gasteiger partial charge in [-0.3, -0.25) is 0 Å². The van der Waals surface area contributed by atoms with Crippen LogP contribution in [0, 0.1) is 5.92 Å². The SMILES string of the molecule is COC(CC(C)(O)C1CC1c1ccccc1)OC. The van der Waals surface area contributed by atoms with Crippen molar-refractivity contribution < 1.29 is 14.6 Å². The largest absolute Gasteiger partial charge is 0.390 e. The Kier molecular flexibility index (Phi) is 4.05. The van der Waals surface area contributed by atoms with E-state index in [-0.39, 0.29) is 6.29 Å². The van der Waals surface area contributed by atoms with E-state index in [1.54, 1.807) is 14.2 Å². The highest BCUT2D eigenvalue weighted by Crippen LogP contribution is 2.54. The van der Waals surface area contributed by atoms with Crippen LogP contribution in [0.3, 0.4) is 0 Å². The van der Waals surface area contributed by atoms with Gasteiger partial charge in [0.15, 0.2) is 6.29 Å². The van der Waals surface area contributed by atoms with Crippen LogP contribution in [0.1, 0.15) is 31.2 Å². The quantitative estimate of drug-likeness (QED) is 0.789. The second-order valence-electron chi connectivity index (χ2n) is 5.32. The molecule has 1 N–H and O–H groups in total. The molecule has 0 saturated heterocycles. The molecule has 3 heteroatoms. The van der Waals surface area contributed by atoms with E-state index in [2.05, 4.69) is 12.1 Å². The second kappa shape index (κ2) is 5.39. The molecule has 1 aliphatic carbocycles. The fourth-order valence-corrected chi connectivity index (χ4v) is 2.70. The van der Waals surface area contributed by atoms with Crippen molar-refractivity contribution in [3.8, 4) is 0 Å². The first-order chi connectivity index (χ1) is 8.58. The first-order valence-corrected chi connectivity index (χ1v) is 6.41. The van der Waals surface area contributed by atoms with Gasteiger partial charge >= 0.3 is 0 Å². The van der Waals surface area contributed by atoms with Crippen LogP contribution in [0.4, 0.5) is 0 Å².